The summed E-state index contributed by atoms with van der Waals surface area (Å²) in [7, 11) is 0. The average Bonchev–Trinajstić information content (AvgIpc) is 3.32. The van der Waals surface area contributed by atoms with Crippen LogP contribution in [-0.2, 0) is 0 Å². The highest BCUT2D eigenvalue weighted by atomic mass is 16.3. The fourth-order valence-electron chi connectivity index (χ4n) is 2.06. The van der Waals surface area contributed by atoms with Gasteiger partial charge in [-0.2, -0.15) is 0 Å². The van der Waals surface area contributed by atoms with Gasteiger partial charge in [-0.05, 0) is 47.5 Å². The summed E-state index contributed by atoms with van der Waals surface area (Å²) in [6, 6.07) is 14.0. The van der Waals surface area contributed by atoms with Crippen LogP contribution in [0.1, 0.15) is 32.2 Å². The van der Waals surface area contributed by atoms with Crippen molar-refractivity contribution in [2.45, 2.75) is 0 Å². The van der Waals surface area contributed by atoms with Gasteiger partial charge in [0, 0.05) is 0 Å². The van der Waals surface area contributed by atoms with Crippen molar-refractivity contribution in [3.8, 4) is 0 Å². The van der Waals surface area contributed by atoms with Crippen LogP contribution in [0, 0.1) is 0 Å². The molecular formula is C20H14O4. The quantitative estimate of drug-likeness (QED) is 0.489. The Morgan fingerprint density at radius 3 is 1.42 bits per heavy atom. The minimum atomic E-state index is -0.187. The first-order chi connectivity index (χ1) is 11.7. The average molecular weight is 318 g/mol. The van der Waals surface area contributed by atoms with E-state index >= 15 is 0 Å². The van der Waals surface area contributed by atoms with Crippen molar-refractivity contribution in [2.75, 3.05) is 0 Å². The number of carbonyl (C=O) groups excluding carboxylic acids is 2. The van der Waals surface area contributed by atoms with E-state index in [1.807, 2.05) is 24.3 Å². The Kier molecular flexibility index (Phi) is 4.68. The summed E-state index contributed by atoms with van der Waals surface area (Å²) >= 11 is 0. The number of benzene rings is 1. The van der Waals surface area contributed by atoms with Crippen LogP contribution in [0.4, 0.5) is 0 Å². The number of hydrogen-bond donors (Lipinski definition) is 0. The van der Waals surface area contributed by atoms with Gasteiger partial charge in [-0.1, -0.05) is 36.4 Å². The monoisotopic (exact) mass is 318 g/mol. The molecule has 0 N–H and O–H groups in total. The number of carbonyl (C=O) groups is 2. The van der Waals surface area contributed by atoms with Crippen LogP contribution in [-0.4, -0.2) is 11.6 Å². The normalized spacial score (nSPS) is 11.3. The van der Waals surface area contributed by atoms with E-state index in [0.29, 0.717) is 11.5 Å². The fourth-order valence-corrected chi connectivity index (χ4v) is 2.06. The van der Waals surface area contributed by atoms with E-state index < -0.39 is 0 Å². The summed E-state index contributed by atoms with van der Waals surface area (Å²) in [6.07, 6.45) is 9.28. The Labute approximate surface area is 138 Å². The number of allylic oxidation sites excluding steroid dienone is 2. The molecule has 0 amide bonds. The fraction of sp³-hybridized carbons (Fsp3) is 0. The number of furan rings is 2. The second kappa shape index (κ2) is 7.24. The molecule has 4 heteroatoms. The molecule has 1 aromatic carbocycles. The van der Waals surface area contributed by atoms with Gasteiger partial charge in [-0.15, -0.1) is 0 Å². The van der Waals surface area contributed by atoms with Crippen LogP contribution in [0.2, 0.25) is 0 Å². The van der Waals surface area contributed by atoms with Gasteiger partial charge in [-0.25, -0.2) is 0 Å². The Hall–Kier alpha value is -3.40. The zero-order valence-electron chi connectivity index (χ0n) is 12.7. The van der Waals surface area contributed by atoms with Crippen LogP contribution >= 0.6 is 0 Å². The summed E-state index contributed by atoms with van der Waals surface area (Å²) in [5, 5.41) is 0. The van der Waals surface area contributed by atoms with Gasteiger partial charge in [0.25, 0.3) is 0 Å². The predicted octanol–water partition coefficient (Wildman–Crippen LogP) is 4.66. The van der Waals surface area contributed by atoms with E-state index in [2.05, 4.69) is 0 Å². The van der Waals surface area contributed by atoms with Crippen LogP contribution in [0.5, 0.6) is 0 Å². The van der Waals surface area contributed by atoms with Gasteiger partial charge in [0.1, 0.15) is 0 Å². The molecule has 118 valence electrons. The molecule has 0 aliphatic carbocycles. The Morgan fingerprint density at radius 1 is 0.667 bits per heavy atom. The molecule has 0 bridgehead atoms. The van der Waals surface area contributed by atoms with E-state index in [4.69, 9.17) is 8.83 Å². The van der Waals surface area contributed by atoms with Gasteiger partial charge < -0.3 is 8.83 Å². The standard InChI is InChI=1S/C20H14O4/c21-17(19-3-1-13-23-19)11-9-15-5-7-16(8-6-15)10-12-18(22)20-4-2-14-24-20/h1-14H/b11-9+,12-10+. The molecule has 3 aromatic rings. The molecule has 0 spiro atoms. The van der Waals surface area contributed by atoms with Crippen LogP contribution in [0.15, 0.2) is 82.0 Å². The van der Waals surface area contributed by atoms with Crippen molar-refractivity contribution in [3.05, 3.63) is 95.9 Å². The maximum atomic E-state index is 11.8. The lowest BCUT2D eigenvalue weighted by Crippen LogP contribution is -1.90. The highest BCUT2D eigenvalue weighted by molar-refractivity contribution is 6.05. The number of ketones is 2. The molecule has 2 heterocycles. The lowest BCUT2D eigenvalue weighted by atomic mass is 10.1. The van der Waals surface area contributed by atoms with E-state index in [1.54, 1.807) is 36.4 Å². The summed E-state index contributed by atoms with van der Waals surface area (Å²) in [6.45, 7) is 0. The highest BCUT2D eigenvalue weighted by Crippen LogP contribution is 2.11. The van der Waals surface area contributed by atoms with Gasteiger partial charge in [-0.3, -0.25) is 9.59 Å². The third-order valence-electron chi connectivity index (χ3n) is 3.32. The molecule has 3 rings (SSSR count). The van der Waals surface area contributed by atoms with Gasteiger partial charge in [0.05, 0.1) is 12.5 Å². The highest BCUT2D eigenvalue weighted by Gasteiger charge is 2.04. The zero-order valence-corrected chi connectivity index (χ0v) is 12.7. The van der Waals surface area contributed by atoms with Crippen molar-refractivity contribution < 1.29 is 18.4 Å². The number of hydrogen-bond acceptors (Lipinski definition) is 4. The molecule has 4 nitrogen and oxygen atoms in total. The first-order valence-electron chi connectivity index (χ1n) is 7.34. The molecule has 2 aromatic heterocycles. The van der Waals surface area contributed by atoms with Crippen LogP contribution < -0.4 is 0 Å². The Morgan fingerprint density at radius 2 is 1.08 bits per heavy atom. The van der Waals surface area contributed by atoms with Gasteiger partial charge >= 0.3 is 0 Å². The summed E-state index contributed by atoms with van der Waals surface area (Å²) in [5.41, 5.74) is 1.76. The maximum Gasteiger partial charge on any atom is 0.221 e. The molecule has 24 heavy (non-hydrogen) atoms. The van der Waals surface area contributed by atoms with Gasteiger partial charge in [0.15, 0.2) is 11.5 Å². The molecule has 0 atom stereocenters. The first kappa shape index (κ1) is 15.5. The predicted molar refractivity (Wildman–Crippen MR) is 90.6 cm³/mol. The SMILES string of the molecule is O=C(/C=C/c1ccc(/C=C/C(=O)c2ccco2)cc1)c1ccco1. The van der Waals surface area contributed by atoms with E-state index in [-0.39, 0.29) is 11.6 Å². The number of rotatable bonds is 6. The molecule has 0 fully saturated rings. The molecule has 0 aliphatic rings. The van der Waals surface area contributed by atoms with E-state index in [0.717, 1.165) is 11.1 Å². The molecule has 0 radical (unpaired) electrons. The third-order valence-corrected chi connectivity index (χ3v) is 3.32. The van der Waals surface area contributed by atoms with Crippen molar-refractivity contribution in [2.24, 2.45) is 0 Å². The molecular weight excluding hydrogens is 304 g/mol. The lowest BCUT2D eigenvalue weighted by Gasteiger charge is -1.96. The van der Waals surface area contributed by atoms with Crippen molar-refractivity contribution >= 4 is 23.7 Å². The third kappa shape index (κ3) is 3.87. The summed E-state index contributed by atoms with van der Waals surface area (Å²) < 4.78 is 10.1. The maximum absolute atomic E-state index is 11.8. The Bertz CT molecular complexity index is 789. The zero-order chi connectivity index (χ0) is 16.8. The first-order valence-corrected chi connectivity index (χ1v) is 7.34. The molecule has 0 saturated heterocycles. The topological polar surface area (TPSA) is 60.4 Å². The second-order valence-corrected chi connectivity index (χ2v) is 5.02. The van der Waals surface area contributed by atoms with Gasteiger partial charge in [0.2, 0.25) is 11.6 Å². The van der Waals surface area contributed by atoms with Crippen molar-refractivity contribution in [1.29, 1.82) is 0 Å². The molecule has 0 unspecified atom stereocenters. The smallest absolute Gasteiger partial charge is 0.221 e. The van der Waals surface area contributed by atoms with Crippen LogP contribution in [0.3, 0.4) is 0 Å². The van der Waals surface area contributed by atoms with Crippen molar-refractivity contribution in [1.82, 2.24) is 0 Å². The second-order valence-electron chi connectivity index (χ2n) is 5.02. The molecule has 0 aliphatic heterocycles. The lowest BCUT2D eigenvalue weighted by molar-refractivity contribution is 0.101. The minimum Gasteiger partial charge on any atom is -0.461 e. The van der Waals surface area contributed by atoms with E-state index in [1.165, 1.54) is 24.7 Å². The van der Waals surface area contributed by atoms with Crippen LogP contribution in [0.25, 0.3) is 12.2 Å². The molecule has 0 saturated carbocycles. The summed E-state index contributed by atoms with van der Waals surface area (Å²) in [4.78, 5) is 23.6. The van der Waals surface area contributed by atoms with Crippen molar-refractivity contribution in [3.63, 3.8) is 0 Å². The summed E-state index contributed by atoms with van der Waals surface area (Å²) in [5.74, 6) is 0.241. The largest absolute Gasteiger partial charge is 0.461 e. The minimum absolute atomic E-state index is 0.187. The van der Waals surface area contributed by atoms with E-state index in [9.17, 15) is 9.59 Å². The Balaban J connectivity index is 1.63.